The molecule has 7 atom stereocenters. The number of primary amides is 1. The highest BCUT2D eigenvalue weighted by atomic mass is 31.2. The van der Waals surface area contributed by atoms with Gasteiger partial charge in [-0.15, -0.1) is 0 Å². The predicted molar refractivity (Wildman–Crippen MR) is 179 cm³/mol. The number of nitrogens with one attached hydrogen (secondary N) is 1. The molecule has 14 nitrogen and oxygen atoms in total. The lowest BCUT2D eigenvalue weighted by atomic mass is 9.52. The van der Waals surface area contributed by atoms with Crippen LogP contribution in [0.4, 0.5) is 11.4 Å². The fraction of sp³-hybridized carbons (Fsp3) is 0.500. The number of hydrogen-bond acceptors (Lipinski definition) is 13. The van der Waals surface area contributed by atoms with Crippen molar-refractivity contribution < 1.29 is 47.8 Å². The van der Waals surface area contributed by atoms with Gasteiger partial charge in [-0.1, -0.05) is 30.3 Å². The molecule has 3 aliphatic carbocycles. The van der Waals surface area contributed by atoms with Gasteiger partial charge in [-0.25, -0.2) is 0 Å². The first kappa shape index (κ1) is 36.3. The number of carbonyl (C=O) groups is 5. The Kier molecular flexibility index (Phi) is 9.94. The Bertz CT molecular complexity index is 1740. The summed E-state index contributed by atoms with van der Waals surface area (Å²) in [6.45, 7) is 3.46. The number of aromatic hydroxyl groups is 1. The van der Waals surface area contributed by atoms with Gasteiger partial charge >= 0.3 is 7.60 Å². The maximum atomic E-state index is 14.5. The van der Waals surface area contributed by atoms with E-state index in [1.165, 1.54) is 19.0 Å². The molecule has 5 N–H and O–H groups in total. The summed E-state index contributed by atoms with van der Waals surface area (Å²) in [6, 6.07) is 9.09. The molecule has 0 radical (unpaired) electrons. The number of rotatable bonds is 11. The fourth-order valence-electron chi connectivity index (χ4n) is 7.84. The van der Waals surface area contributed by atoms with E-state index in [9.17, 15) is 38.8 Å². The van der Waals surface area contributed by atoms with Crippen LogP contribution in [-0.4, -0.2) is 97.2 Å². The number of nitrogens with zero attached hydrogens (tertiary/aromatic N) is 2. The van der Waals surface area contributed by atoms with Crippen LogP contribution in [0.2, 0.25) is 0 Å². The van der Waals surface area contributed by atoms with Crippen LogP contribution in [0.25, 0.3) is 0 Å². The third-order valence-corrected chi connectivity index (χ3v) is 12.2. The molecule has 1 amide bonds. The van der Waals surface area contributed by atoms with Crippen LogP contribution >= 0.6 is 7.60 Å². The highest BCUT2D eigenvalue weighted by molar-refractivity contribution is 7.54. The lowest BCUT2D eigenvalue weighted by molar-refractivity contribution is -0.181. The minimum atomic E-state index is -3.93. The largest absolute Gasteiger partial charge is 0.505 e. The van der Waals surface area contributed by atoms with Crippen LogP contribution in [0.15, 0.2) is 36.4 Å². The highest BCUT2D eigenvalue weighted by Crippen LogP contribution is 2.62. The highest BCUT2D eigenvalue weighted by Gasteiger charge is 2.69. The van der Waals surface area contributed by atoms with Gasteiger partial charge < -0.3 is 35.2 Å². The number of hydrogen-bond donors (Lipinski definition) is 4. The quantitative estimate of drug-likeness (QED) is 0.151. The number of benzene rings is 2. The van der Waals surface area contributed by atoms with E-state index in [1.807, 2.05) is 0 Å². The summed E-state index contributed by atoms with van der Waals surface area (Å²) >= 11 is 0. The van der Waals surface area contributed by atoms with Crippen molar-refractivity contribution in [3.8, 4) is 5.75 Å². The summed E-state index contributed by atoms with van der Waals surface area (Å²) in [4.78, 5) is 71.2. The van der Waals surface area contributed by atoms with Crippen molar-refractivity contribution in [2.24, 2.45) is 29.4 Å². The minimum absolute atomic E-state index is 0.00313. The number of carbonyl (C=O) groups excluding carboxylic acids is 5. The van der Waals surface area contributed by atoms with E-state index in [1.54, 1.807) is 69.2 Å². The Morgan fingerprint density at radius 1 is 1.06 bits per heavy atom. The summed E-state index contributed by atoms with van der Waals surface area (Å²) in [6.07, 6.45) is 0.0190. The number of anilines is 2. The van der Waals surface area contributed by atoms with Crippen molar-refractivity contribution in [2.45, 2.75) is 44.1 Å². The van der Waals surface area contributed by atoms with Gasteiger partial charge in [0.05, 0.1) is 36.4 Å². The standard InChI is InChI=1S/C34H43N4O10P/c1-7-47-49(46,48-8-2)33(17-12-10-9-11-13-17)36-21-16-22(37(3)4)19-14-18-15-20-26(38(5)6)29(41)25(32(35)44)31(43)34(20,45)30(42)23(18)28(40)24(19)27(21)39/h9-13,16,18,20,23,25-26,33,36,39,45H,7-8,14-15H2,1-6H3,(H2,35,44)/t18-,20-,23?,25?,26-,33?,34-/m0/s1. The topological polar surface area (TPSA) is 206 Å². The van der Waals surface area contributed by atoms with E-state index in [0.29, 0.717) is 16.8 Å². The number of fused-ring (bicyclic) bond motifs is 3. The second-order valence-corrected chi connectivity index (χ2v) is 15.3. The third-order valence-electron chi connectivity index (χ3n) is 9.86. The number of phenols is 1. The average molecular weight is 699 g/mol. The van der Waals surface area contributed by atoms with Gasteiger partial charge in [-0.2, -0.15) is 0 Å². The summed E-state index contributed by atoms with van der Waals surface area (Å²) < 4.78 is 25.5. The molecule has 2 saturated carbocycles. The van der Waals surface area contributed by atoms with Crippen LogP contribution in [0.5, 0.6) is 5.75 Å². The molecule has 15 heteroatoms. The molecule has 5 rings (SSSR count). The normalized spacial score (nSPS) is 27.3. The van der Waals surface area contributed by atoms with Crippen molar-refractivity contribution in [1.29, 1.82) is 0 Å². The van der Waals surface area contributed by atoms with Crippen molar-refractivity contribution in [1.82, 2.24) is 4.90 Å². The molecule has 0 spiro atoms. The van der Waals surface area contributed by atoms with Gasteiger partial charge in [0.2, 0.25) is 5.91 Å². The van der Waals surface area contributed by atoms with Gasteiger partial charge in [0.25, 0.3) is 0 Å². The molecule has 2 fully saturated rings. The lowest BCUT2D eigenvalue weighted by Gasteiger charge is -2.52. The summed E-state index contributed by atoms with van der Waals surface area (Å²) in [5, 5.41) is 26.8. The maximum absolute atomic E-state index is 14.5. The zero-order valence-corrected chi connectivity index (χ0v) is 29.2. The number of phenolic OH excluding ortho intramolecular Hbond substituents is 1. The number of ketones is 4. The van der Waals surface area contributed by atoms with Gasteiger partial charge in [0.1, 0.15) is 5.75 Å². The van der Waals surface area contributed by atoms with Gasteiger partial charge in [-0.3, -0.25) is 33.4 Å². The number of Topliss-reactive ketones (excluding diaryl/α,β-unsaturated/α-hetero) is 4. The molecule has 2 aromatic carbocycles. The predicted octanol–water partition coefficient (Wildman–Crippen LogP) is 2.31. The van der Waals surface area contributed by atoms with E-state index in [2.05, 4.69) is 5.32 Å². The molecule has 3 unspecified atom stereocenters. The molecule has 0 aromatic heterocycles. The molecular weight excluding hydrogens is 655 g/mol. The smallest absolute Gasteiger partial charge is 0.357 e. The van der Waals surface area contributed by atoms with Crippen LogP contribution in [0.1, 0.15) is 47.5 Å². The first-order valence-corrected chi connectivity index (χ1v) is 17.8. The summed E-state index contributed by atoms with van der Waals surface area (Å²) in [5.74, 6) is -12.7. The maximum Gasteiger partial charge on any atom is 0.357 e. The molecule has 0 saturated heterocycles. The molecular formula is C34H43N4O10P. The van der Waals surface area contributed by atoms with Crippen molar-refractivity contribution in [3.63, 3.8) is 0 Å². The Morgan fingerprint density at radius 3 is 2.20 bits per heavy atom. The second-order valence-electron chi connectivity index (χ2n) is 13.2. The van der Waals surface area contributed by atoms with E-state index in [-0.39, 0.29) is 37.3 Å². The third kappa shape index (κ3) is 5.79. The summed E-state index contributed by atoms with van der Waals surface area (Å²) in [5.41, 5.74) is 3.84. The van der Waals surface area contributed by atoms with Crippen molar-refractivity contribution in [3.05, 3.63) is 53.1 Å². The van der Waals surface area contributed by atoms with Gasteiger partial charge in [-0.05, 0) is 63.9 Å². The zero-order chi connectivity index (χ0) is 36.2. The monoisotopic (exact) mass is 698 g/mol. The van der Waals surface area contributed by atoms with Gasteiger partial charge in [0.15, 0.2) is 40.4 Å². The SMILES string of the molecule is CCOP(=O)(OCC)C(Nc1cc(N(C)C)c2c(c1O)C(=O)C1C(=O)[C@]3(O)C(=O)C(C(N)=O)C(=O)[C@@H](N(C)C)[C@@H]3C[C@@H]1C2)c1ccccc1. The first-order chi connectivity index (χ1) is 23.0. The Labute approximate surface area is 284 Å². The van der Waals surface area contributed by atoms with Crippen molar-refractivity contribution >= 4 is 48.0 Å². The van der Waals surface area contributed by atoms with Crippen LogP contribution in [-0.2, 0) is 39.2 Å². The molecule has 0 heterocycles. The fourth-order valence-corrected chi connectivity index (χ4v) is 9.76. The average Bonchev–Trinajstić information content (AvgIpc) is 3.02. The van der Waals surface area contributed by atoms with E-state index in [0.717, 1.165) is 0 Å². The molecule has 2 aromatic rings. The molecule has 49 heavy (non-hydrogen) atoms. The number of likely N-dealkylation sites (N-methyl/N-ethyl adjacent to an activating group) is 1. The molecule has 0 aliphatic heterocycles. The van der Waals surface area contributed by atoms with Crippen LogP contribution in [0, 0.1) is 23.7 Å². The number of nitrogens with two attached hydrogens (primary N) is 1. The van der Waals surface area contributed by atoms with Crippen LogP contribution in [0.3, 0.4) is 0 Å². The van der Waals surface area contributed by atoms with Crippen molar-refractivity contribution in [2.75, 3.05) is 51.6 Å². The molecule has 3 aliphatic rings. The number of amides is 1. The first-order valence-electron chi connectivity index (χ1n) is 16.2. The number of aliphatic hydroxyl groups is 1. The van der Waals surface area contributed by atoms with E-state index >= 15 is 0 Å². The Balaban J connectivity index is 1.65. The molecule has 264 valence electrons. The second kappa shape index (κ2) is 13.4. The lowest BCUT2D eigenvalue weighted by Crippen LogP contribution is -2.74. The molecule has 0 bridgehead atoms. The Hall–Kier alpha value is -3.94. The van der Waals surface area contributed by atoms with E-state index < -0.39 is 83.5 Å². The summed E-state index contributed by atoms with van der Waals surface area (Å²) in [7, 11) is 2.61. The zero-order valence-electron chi connectivity index (χ0n) is 28.3. The van der Waals surface area contributed by atoms with Gasteiger partial charge in [0, 0.05) is 25.7 Å². The van der Waals surface area contributed by atoms with Crippen LogP contribution < -0.4 is 16.0 Å². The minimum Gasteiger partial charge on any atom is -0.505 e. The Morgan fingerprint density at radius 2 is 1.67 bits per heavy atom. The van der Waals surface area contributed by atoms with E-state index in [4.69, 9.17) is 14.8 Å².